The van der Waals surface area contributed by atoms with E-state index in [2.05, 4.69) is 0 Å². The monoisotopic (exact) mass is 215 g/mol. The van der Waals surface area contributed by atoms with Crippen LogP contribution in [0.1, 0.15) is 19.3 Å². The maximum Gasteiger partial charge on any atom is 0.394 e. The first-order chi connectivity index (χ1) is 5.62. The van der Waals surface area contributed by atoms with E-state index in [1.54, 1.807) is 0 Å². The number of alkyl halides is 3. The molecule has 76 valence electrons. The van der Waals surface area contributed by atoms with Crippen molar-refractivity contribution in [1.29, 1.82) is 0 Å². The fraction of sp³-hybridized carbons (Fsp3) is 1.00. The molecule has 7 heteroatoms. The maximum atomic E-state index is 12.2. The van der Waals surface area contributed by atoms with Crippen LogP contribution in [-0.4, -0.2) is 19.3 Å². The lowest BCUT2D eigenvalue weighted by atomic mass is 9.43. The Morgan fingerprint density at radius 2 is 1.54 bits per heavy atom. The minimum absolute atomic E-state index is 0.345. The summed E-state index contributed by atoms with van der Waals surface area (Å²) in [4.78, 5) is 0. The highest BCUT2D eigenvalue weighted by Crippen LogP contribution is 2.75. The Labute approximate surface area is 73.1 Å². The Bertz CT molecular complexity index is 339. The average molecular weight is 215 g/mol. The second-order valence-electron chi connectivity index (χ2n) is 4.04. The lowest BCUT2D eigenvalue weighted by Crippen LogP contribution is -2.76. The average Bonchev–Trinajstić information content (AvgIpc) is 1.41. The molecule has 3 rings (SSSR count). The summed E-state index contributed by atoms with van der Waals surface area (Å²) in [6.07, 6.45) is -5.31. The molecule has 2 N–H and O–H groups in total. The Kier molecular flexibility index (Phi) is 1.34. The molecular formula is C6H8F3NO2S. The molecule has 0 aromatic rings. The van der Waals surface area contributed by atoms with Crippen molar-refractivity contribution >= 4 is 10.0 Å². The Hall–Kier alpha value is -0.300. The molecule has 0 spiro atoms. The first-order valence-corrected chi connectivity index (χ1v) is 5.26. The highest BCUT2D eigenvalue weighted by atomic mass is 32.2. The maximum absolute atomic E-state index is 12.2. The van der Waals surface area contributed by atoms with E-state index in [9.17, 15) is 21.6 Å². The van der Waals surface area contributed by atoms with E-state index < -0.39 is 26.4 Å². The molecular weight excluding hydrogens is 207 g/mol. The van der Waals surface area contributed by atoms with Crippen LogP contribution in [0.15, 0.2) is 0 Å². The standard InChI is InChI=1S/C6H8F3NO2S/c7-6(8,9)4-1-5(2-4,3-4)13(10,11)12/h1-3H2,(H2,10,11,12). The van der Waals surface area contributed by atoms with Gasteiger partial charge in [-0.1, -0.05) is 0 Å². The third kappa shape index (κ3) is 0.864. The third-order valence-electron chi connectivity index (χ3n) is 3.19. The van der Waals surface area contributed by atoms with Gasteiger partial charge in [-0.2, -0.15) is 13.2 Å². The molecule has 0 aliphatic heterocycles. The van der Waals surface area contributed by atoms with Crippen LogP contribution in [0.25, 0.3) is 0 Å². The highest BCUT2D eigenvalue weighted by Gasteiger charge is 2.82. The highest BCUT2D eigenvalue weighted by molar-refractivity contribution is 7.90. The van der Waals surface area contributed by atoms with Gasteiger partial charge < -0.3 is 0 Å². The normalized spacial score (nSPS) is 43.7. The fourth-order valence-electron chi connectivity index (χ4n) is 2.30. The summed E-state index contributed by atoms with van der Waals surface area (Å²) in [6.45, 7) is 0. The van der Waals surface area contributed by atoms with Gasteiger partial charge in [0.2, 0.25) is 10.0 Å². The molecule has 0 aromatic carbocycles. The van der Waals surface area contributed by atoms with E-state index in [4.69, 9.17) is 5.14 Å². The van der Waals surface area contributed by atoms with Crippen molar-refractivity contribution in [2.75, 3.05) is 0 Å². The number of hydrogen-bond donors (Lipinski definition) is 1. The van der Waals surface area contributed by atoms with Gasteiger partial charge >= 0.3 is 6.18 Å². The van der Waals surface area contributed by atoms with E-state index in [1.165, 1.54) is 0 Å². The summed E-state index contributed by atoms with van der Waals surface area (Å²) in [5.74, 6) is 0. The molecule has 3 aliphatic carbocycles. The SMILES string of the molecule is NS(=O)(=O)C12CC(C(F)(F)F)(C1)C2. The van der Waals surface area contributed by atoms with Gasteiger partial charge in [-0.25, -0.2) is 13.6 Å². The van der Waals surface area contributed by atoms with Gasteiger partial charge in [0.05, 0.1) is 10.2 Å². The van der Waals surface area contributed by atoms with Crippen LogP contribution >= 0.6 is 0 Å². The van der Waals surface area contributed by atoms with E-state index in [0.29, 0.717) is 0 Å². The van der Waals surface area contributed by atoms with Gasteiger partial charge in [0.1, 0.15) is 0 Å². The molecule has 0 saturated heterocycles. The van der Waals surface area contributed by atoms with Crippen LogP contribution in [0.4, 0.5) is 13.2 Å². The van der Waals surface area contributed by atoms with Crippen molar-refractivity contribution in [2.45, 2.75) is 30.2 Å². The molecule has 3 aliphatic rings. The number of nitrogens with two attached hydrogens (primary N) is 1. The summed E-state index contributed by atoms with van der Waals surface area (Å²) >= 11 is 0. The molecule has 0 radical (unpaired) electrons. The predicted molar refractivity (Wildman–Crippen MR) is 38.2 cm³/mol. The Morgan fingerprint density at radius 3 is 1.77 bits per heavy atom. The summed E-state index contributed by atoms with van der Waals surface area (Å²) < 4.78 is 57.2. The largest absolute Gasteiger partial charge is 0.394 e. The van der Waals surface area contributed by atoms with E-state index in [0.717, 1.165) is 0 Å². The number of hydrogen-bond acceptors (Lipinski definition) is 2. The minimum Gasteiger partial charge on any atom is -0.228 e. The molecule has 0 heterocycles. The third-order valence-corrected chi connectivity index (χ3v) is 4.83. The van der Waals surface area contributed by atoms with Crippen LogP contribution < -0.4 is 5.14 Å². The lowest BCUT2D eigenvalue weighted by Gasteiger charge is -2.68. The Balaban J connectivity index is 2.18. The van der Waals surface area contributed by atoms with Gasteiger partial charge in [-0.15, -0.1) is 0 Å². The zero-order valence-electron chi connectivity index (χ0n) is 6.56. The molecule has 2 bridgehead atoms. The van der Waals surface area contributed by atoms with Crippen molar-refractivity contribution in [2.24, 2.45) is 10.6 Å². The number of rotatable bonds is 1. The van der Waals surface area contributed by atoms with Gasteiger partial charge in [-0.3, -0.25) is 0 Å². The molecule has 0 atom stereocenters. The van der Waals surface area contributed by atoms with E-state index in [1.807, 2.05) is 0 Å². The fourth-order valence-corrected chi connectivity index (χ4v) is 3.73. The summed E-state index contributed by atoms with van der Waals surface area (Å²) in [5.41, 5.74) is -1.74. The summed E-state index contributed by atoms with van der Waals surface area (Å²) in [6, 6.07) is 0. The van der Waals surface area contributed by atoms with Gasteiger partial charge in [0, 0.05) is 0 Å². The van der Waals surface area contributed by atoms with Crippen molar-refractivity contribution in [3.05, 3.63) is 0 Å². The predicted octanol–water partition coefficient (Wildman–Crippen LogP) is 0.760. The molecule has 0 amide bonds. The van der Waals surface area contributed by atoms with Crippen molar-refractivity contribution in [3.63, 3.8) is 0 Å². The van der Waals surface area contributed by atoms with Crippen LogP contribution in [0.3, 0.4) is 0 Å². The first-order valence-electron chi connectivity index (χ1n) is 3.71. The molecule has 13 heavy (non-hydrogen) atoms. The van der Waals surface area contributed by atoms with Crippen LogP contribution in [0, 0.1) is 5.41 Å². The quantitative estimate of drug-likeness (QED) is 0.702. The molecule has 3 nitrogen and oxygen atoms in total. The zero-order chi connectivity index (χ0) is 10.1. The zero-order valence-corrected chi connectivity index (χ0v) is 7.37. The van der Waals surface area contributed by atoms with Gasteiger partial charge in [0.25, 0.3) is 0 Å². The van der Waals surface area contributed by atoms with Crippen molar-refractivity contribution < 1.29 is 21.6 Å². The summed E-state index contributed by atoms with van der Waals surface area (Å²) in [7, 11) is -3.80. The second-order valence-corrected chi connectivity index (χ2v) is 5.99. The van der Waals surface area contributed by atoms with E-state index >= 15 is 0 Å². The second kappa shape index (κ2) is 1.88. The number of halogens is 3. The lowest BCUT2D eigenvalue weighted by molar-refractivity contribution is -0.314. The molecule has 0 aromatic heterocycles. The molecule has 0 unspecified atom stereocenters. The Morgan fingerprint density at radius 1 is 1.15 bits per heavy atom. The van der Waals surface area contributed by atoms with Crippen LogP contribution in [0.2, 0.25) is 0 Å². The first kappa shape index (κ1) is 9.26. The molecule has 3 fully saturated rings. The summed E-state index contributed by atoms with van der Waals surface area (Å²) in [5, 5.41) is 4.82. The smallest absolute Gasteiger partial charge is 0.228 e. The molecule has 3 saturated carbocycles. The number of primary sulfonamides is 1. The van der Waals surface area contributed by atoms with Crippen LogP contribution in [0.5, 0.6) is 0 Å². The number of sulfonamides is 1. The van der Waals surface area contributed by atoms with Crippen molar-refractivity contribution in [1.82, 2.24) is 0 Å². The topological polar surface area (TPSA) is 60.2 Å². The van der Waals surface area contributed by atoms with E-state index in [-0.39, 0.29) is 19.3 Å². The van der Waals surface area contributed by atoms with Crippen LogP contribution in [-0.2, 0) is 10.0 Å². The van der Waals surface area contributed by atoms with Gasteiger partial charge in [0.15, 0.2) is 0 Å². The van der Waals surface area contributed by atoms with Crippen molar-refractivity contribution in [3.8, 4) is 0 Å². The minimum atomic E-state index is -4.28. The van der Waals surface area contributed by atoms with Gasteiger partial charge in [-0.05, 0) is 19.3 Å².